The minimum absolute atomic E-state index is 0.0582. The lowest BCUT2D eigenvalue weighted by Gasteiger charge is -2.18. The van der Waals surface area contributed by atoms with Crippen LogP contribution in [0.25, 0.3) is 0 Å². The number of ether oxygens (including phenoxy) is 3. The fraction of sp³-hybridized carbons (Fsp3) is 0.400. The van der Waals surface area contributed by atoms with Gasteiger partial charge in [0.25, 0.3) is 5.69 Å². The van der Waals surface area contributed by atoms with Crippen molar-refractivity contribution in [2.45, 2.75) is 32.1 Å². The molecule has 0 radical (unpaired) electrons. The summed E-state index contributed by atoms with van der Waals surface area (Å²) in [5.41, 5.74) is 1.85. The molecule has 2 aromatic carbocycles. The molecule has 1 unspecified atom stereocenters. The highest BCUT2D eigenvalue weighted by Crippen LogP contribution is 2.37. The second kappa shape index (κ2) is 9.86. The summed E-state index contributed by atoms with van der Waals surface area (Å²) in [6.07, 6.45) is 2.45. The maximum atomic E-state index is 10.8. The Morgan fingerprint density at radius 2 is 2.07 bits per heavy atom. The molecule has 1 heterocycles. The van der Waals surface area contributed by atoms with Gasteiger partial charge in [-0.1, -0.05) is 15.9 Å². The lowest BCUT2D eigenvalue weighted by atomic mass is 10.1. The van der Waals surface area contributed by atoms with Crippen LogP contribution in [0.1, 0.15) is 24.0 Å². The molecule has 0 saturated carbocycles. The number of hydrogen-bond donors (Lipinski definition) is 1. The summed E-state index contributed by atoms with van der Waals surface area (Å²) in [5, 5.41) is 14.2. The van der Waals surface area contributed by atoms with Crippen molar-refractivity contribution in [2.75, 3.05) is 20.3 Å². The highest BCUT2D eigenvalue weighted by atomic mass is 79.9. The summed E-state index contributed by atoms with van der Waals surface area (Å²) in [6.45, 7) is 2.50. The van der Waals surface area contributed by atoms with Crippen LogP contribution >= 0.6 is 15.9 Å². The summed E-state index contributed by atoms with van der Waals surface area (Å²) < 4.78 is 18.1. The van der Waals surface area contributed by atoms with Gasteiger partial charge in [-0.05, 0) is 42.7 Å². The number of nitrogens with zero attached hydrogens (tertiary/aromatic N) is 1. The number of nitro groups is 1. The van der Waals surface area contributed by atoms with Gasteiger partial charge in [-0.2, -0.15) is 0 Å². The van der Waals surface area contributed by atoms with Gasteiger partial charge < -0.3 is 19.5 Å². The number of halogens is 1. The Balaban J connectivity index is 1.70. The molecular weight excluding hydrogens is 428 g/mol. The average molecular weight is 451 g/mol. The quantitative estimate of drug-likeness (QED) is 0.454. The standard InChI is InChI=1S/C20H23BrN2O5/c1-26-19-9-8-18(21)17(12-22-11-16-3-2-10-27-16)20(19)28-13-14-4-6-15(7-5-14)23(24)25/h4-9,16,22H,2-3,10-13H2,1H3. The first-order valence-corrected chi connectivity index (χ1v) is 9.91. The van der Waals surface area contributed by atoms with Crippen molar-refractivity contribution in [3.63, 3.8) is 0 Å². The van der Waals surface area contributed by atoms with Gasteiger partial charge >= 0.3 is 0 Å². The largest absolute Gasteiger partial charge is 0.493 e. The number of non-ortho nitro benzene ring substituents is 1. The van der Waals surface area contributed by atoms with E-state index in [0.717, 1.165) is 41.6 Å². The molecule has 1 N–H and O–H groups in total. The van der Waals surface area contributed by atoms with Gasteiger partial charge in [0.2, 0.25) is 0 Å². The van der Waals surface area contributed by atoms with Crippen LogP contribution in [0.15, 0.2) is 40.9 Å². The van der Waals surface area contributed by atoms with Crippen LogP contribution in [0, 0.1) is 10.1 Å². The van der Waals surface area contributed by atoms with Crippen molar-refractivity contribution < 1.29 is 19.1 Å². The lowest BCUT2D eigenvalue weighted by Crippen LogP contribution is -2.26. The Morgan fingerprint density at radius 1 is 1.29 bits per heavy atom. The number of hydrogen-bond acceptors (Lipinski definition) is 6. The van der Waals surface area contributed by atoms with E-state index in [0.29, 0.717) is 18.0 Å². The van der Waals surface area contributed by atoms with Crippen molar-refractivity contribution in [1.29, 1.82) is 0 Å². The number of nitro benzene ring substituents is 1. The van der Waals surface area contributed by atoms with Crippen LogP contribution in [0.2, 0.25) is 0 Å². The average Bonchev–Trinajstić information content (AvgIpc) is 3.21. The van der Waals surface area contributed by atoms with Gasteiger partial charge in [0.1, 0.15) is 6.61 Å². The van der Waals surface area contributed by atoms with Gasteiger partial charge in [0.05, 0.1) is 18.1 Å². The smallest absolute Gasteiger partial charge is 0.269 e. The normalized spacial score (nSPS) is 16.1. The van der Waals surface area contributed by atoms with Gasteiger partial charge in [0.15, 0.2) is 11.5 Å². The molecule has 3 rings (SSSR count). The number of benzene rings is 2. The van der Waals surface area contributed by atoms with Crippen LogP contribution in [0.5, 0.6) is 11.5 Å². The zero-order valence-electron chi connectivity index (χ0n) is 15.7. The molecule has 0 aromatic heterocycles. The molecule has 1 saturated heterocycles. The van der Waals surface area contributed by atoms with E-state index in [1.165, 1.54) is 12.1 Å². The minimum atomic E-state index is -0.417. The summed E-state index contributed by atoms with van der Waals surface area (Å²) in [5.74, 6) is 1.29. The van der Waals surface area contributed by atoms with Crippen molar-refractivity contribution in [3.8, 4) is 11.5 Å². The number of methoxy groups -OCH3 is 1. The van der Waals surface area contributed by atoms with E-state index in [-0.39, 0.29) is 18.4 Å². The molecule has 1 aliphatic rings. The van der Waals surface area contributed by atoms with Gasteiger partial charge in [-0.3, -0.25) is 10.1 Å². The molecule has 2 aromatic rings. The summed E-state index contributed by atoms with van der Waals surface area (Å²) in [7, 11) is 1.60. The molecule has 1 fully saturated rings. The Kier molecular flexibility index (Phi) is 7.24. The van der Waals surface area contributed by atoms with Gasteiger partial charge in [-0.15, -0.1) is 0 Å². The first-order chi connectivity index (χ1) is 13.6. The third-order valence-electron chi connectivity index (χ3n) is 4.62. The van der Waals surface area contributed by atoms with Crippen molar-refractivity contribution in [3.05, 3.63) is 62.1 Å². The summed E-state index contributed by atoms with van der Waals surface area (Å²) in [6, 6.07) is 10.1. The SMILES string of the molecule is COc1ccc(Br)c(CNCC2CCCO2)c1OCc1ccc([N+](=O)[O-])cc1. The van der Waals surface area contributed by atoms with E-state index in [1.807, 2.05) is 12.1 Å². The van der Waals surface area contributed by atoms with E-state index in [9.17, 15) is 10.1 Å². The molecule has 150 valence electrons. The van der Waals surface area contributed by atoms with Gasteiger partial charge in [-0.25, -0.2) is 0 Å². The molecule has 7 nitrogen and oxygen atoms in total. The maximum Gasteiger partial charge on any atom is 0.269 e. The number of rotatable bonds is 9. The van der Waals surface area contributed by atoms with E-state index in [4.69, 9.17) is 14.2 Å². The monoisotopic (exact) mass is 450 g/mol. The number of nitrogens with one attached hydrogen (secondary N) is 1. The summed E-state index contributed by atoms with van der Waals surface area (Å²) in [4.78, 5) is 10.4. The Morgan fingerprint density at radius 3 is 2.71 bits per heavy atom. The first-order valence-electron chi connectivity index (χ1n) is 9.12. The Labute approximate surface area is 172 Å². The van der Waals surface area contributed by atoms with Crippen LogP contribution in [-0.4, -0.2) is 31.3 Å². The van der Waals surface area contributed by atoms with Gasteiger partial charge in [0, 0.05) is 41.9 Å². The van der Waals surface area contributed by atoms with Crippen molar-refractivity contribution in [2.24, 2.45) is 0 Å². The van der Waals surface area contributed by atoms with E-state index in [2.05, 4.69) is 21.2 Å². The third-order valence-corrected chi connectivity index (χ3v) is 5.36. The van der Waals surface area contributed by atoms with Crippen molar-refractivity contribution in [1.82, 2.24) is 5.32 Å². The second-order valence-corrected chi connectivity index (χ2v) is 7.39. The molecule has 28 heavy (non-hydrogen) atoms. The lowest BCUT2D eigenvalue weighted by molar-refractivity contribution is -0.384. The topological polar surface area (TPSA) is 82.9 Å². The van der Waals surface area contributed by atoms with E-state index < -0.39 is 4.92 Å². The zero-order valence-corrected chi connectivity index (χ0v) is 17.2. The van der Waals surface area contributed by atoms with Crippen LogP contribution < -0.4 is 14.8 Å². The predicted molar refractivity (Wildman–Crippen MR) is 109 cm³/mol. The fourth-order valence-electron chi connectivity index (χ4n) is 3.10. The predicted octanol–water partition coefficient (Wildman–Crippen LogP) is 4.21. The maximum absolute atomic E-state index is 10.8. The minimum Gasteiger partial charge on any atom is -0.493 e. The van der Waals surface area contributed by atoms with Crippen LogP contribution in [0.3, 0.4) is 0 Å². The Hall–Kier alpha value is -2.16. The fourth-order valence-corrected chi connectivity index (χ4v) is 3.55. The third kappa shape index (κ3) is 5.21. The Bertz CT molecular complexity index is 807. The molecule has 0 spiro atoms. The van der Waals surface area contributed by atoms with Crippen LogP contribution in [-0.2, 0) is 17.9 Å². The molecule has 1 aliphatic heterocycles. The highest BCUT2D eigenvalue weighted by Gasteiger charge is 2.18. The highest BCUT2D eigenvalue weighted by molar-refractivity contribution is 9.10. The first kappa shape index (κ1) is 20.6. The van der Waals surface area contributed by atoms with E-state index >= 15 is 0 Å². The molecule has 1 atom stereocenters. The molecule has 0 amide bonds. The molecule has 0 bridgehead atoms. The molecule has 0 aliphatic carbocycles. The van der Waals surface area contributed by atoms with Crippen molar-refractivity contribution >= 4 is 21.6 Å². The van der Waals surface area contributed by atoms with Crippen LogP contribution in [0.4, 0.5) is 5.69 Å². The zero-order chi connectivity index (χ0) is 19.9. The second-order valence-electron chi connectivity index (χ2n) is 6.54. The molecular formula is C20H23BrN2O5. The molecule has 8 heteroatoms. The summed E-state index contributed by atoms with van der Waals surface area (Å²) >= 11 is 3.59. The van der Waals surface area contributed by atoms with E-state index in [1.54, 1.807) is 19.2 Å².